The first-order valence-electron chi connectivity index (χ1n) is 8.90. The summed E-state index contributed by atoms with van der Waals surface area (Å²) >= 11 is 0. The van der Waals surface area contributed by atoms with Crippen LogP contribution in [0.25, 0.3) is 0 Å². The molecule has 3 rings (SSSR count). The second-order valence-electron chi connectivity index (χ2n) is 6.93. The summed E-state index contributed by atoms with van der Waals surface area (Å²) in [5, 5.41) is 6.91. The predicted molar refractivity (Wildman–Crippen MR) is 91.9 cm³/mol. The van der Waals surface area contributed by atoms with E-state index in [0.29, 0.717) is 25.3 Å². The summed E-state index contributed by atoms with van der Waals surface area (Å²) in [6.07, 6.45) is 5.31. The molecule has 1 aliphatic carbocycles. The monoisotopic (exact) mass is 330 g/mol. The Morgan fingerprint density at radius 2 is 2.08 bits per heavy atom. The van der Waals surface area contributed by atoms with Crippen molar-refractivity contribution in [3.05, 3.63) is 22.8 Å². The third kappa shape index (κ3) is 3.74. The van der Waals surface area contributed by atoms with Crippen molar-refractivity contribution in [3.63, 3.8) is 0 Å². The van der Waals surface area contributed by atoms with Crippen molar-refractivity contribution in [2.75, 3.05) is 6.54 Å². The molecule has 1 aliphatic heterocycles. The molecule has 0 saturated carbocycles. The quantitative estimate of drug-likeness (QED) is 0.897. The fourth-order valence-electron chi connectivity index (χ4n) is 3.24. The average Bonchev–Trinajstić information content (AvgIpc) is 3.05. The van der Waals surface area contributed by atoms with Crippen LogP contribution in [0.4, 0.5) is 0 Å². The minimum absolute atomic E-state index is 0.107. The topological polar surface area (TPSA) is 76.5 Å². The zero-order valence-corrected chi connectivity index (χ0v) is 14.8. The van der Waals surface area contributed by atoms with Crippen molar-refractivity contribution < 1.29 is 9.63 Å². The van der Waals surface area contributed by atoms with E-state index in [4.69, 9.17) is 4.84 Å². The number of rotatable bonds is 5. The number of nitrogens with one attached hydrogen (secondary N) is 1. The van der Waals surface area contributed by atoms with Gasteiger partial charge in [-0.15, -0.1) is 0 Å². The van der Waals surface area contributed by atoms with Gasteiger partial charge in [0.05, 0.1) is 5.71 Å². The molecular weight excluding hydrogens is 304 g/mol. The van der Waals surface area contributed by atoms with Crippen molar-refractivity contribution in [3.8, 4) is 0 Å². The maximum absolute atomic E-state index is 12.2. The van der Waals surface area contributed by atoms with Crippen molar-refractivity contribution in [1.82, 2.24) is 15.3 Å². The Kier molecular flexibility index (Phi) is 5.11. The number of aromatic nitrogens is 2. The molecule has 0 spiro atoms. The molecule has 2 heterocycles. The predicted octanol–water partition coefficient (Wildman–Crippen LogP) is 2.12. The van der Waals surface area contributed by atoms with Gasteiger partial charge in [-0.25, -0.2) is 9.97 Å². The largest absolute Gasteiger partial charge is 0.382 e. The third-order valence-corrected chi connectivity index (χ3v) is 4.73. The van der Waals surface area contributed by atoms with Gasteiger partial charge < -0.3 is 10.2 Å². The van der Waals surface area contributed by atoms with Gasteiger partial charge in [-0.1, -0.05) is 19.0 Å². The van der Waals surface area contributed by atoms with Crippen LogP contribution < -0.4 is 5.32 Å². The molecule has 1 aromatic heterocycles. The second-order valence-corrected chi connectivity index (χ2v) is 6.93. The number of fused-ring (bicyclic) bond motifs is 1. The number of carbonyl (C=O) groups excluding carboxylic acids is 1. The van der Waals surface area contributed by atoms with E-state index in [0.717, 1.165) is 30.1 Å². The fourth-order valence-corrected chi connectivity index (χ4v) is 3.24. The SMILES string of the molecule is Cc1nc(CCNC(=O)C2CC(C(C)C)=NO2)nc2c1CCCC2. The number of hydrogen-bond acceptors (Lipinski definition) is 5. The summed E-state index contributed by atoms with van der Waals surface area (Å²) in [6, 6.07) is 0. The molecule has 1 unspecified atom stereocenters. The first kappa shape index (κ1) is 16.9. The van der Waals surface area contributed by atoms with Gasteiger partial charge >= 0.3 is 0 Å². The number of carbonyl (C=O) groups is 1. The number of nitrogens with zero attached hydrogens (tertiary/aromatic N) is 3. The van der Waals surface area contributed by atoms with Crippen LogP contribution >= 0.6 is 0 Å². The van der Waals surface area contributed by atoms with Crippen LogP contribution in [-0.4, -0.2) is 34.2 Å². The van der Waals surface area contributed by atoms with Crippen LogP contribution in [0.2, 0.25) is 0 Å². The molecule has 6 heteroatoms. The zero-order chi connectivity index (χ0) is 17.1. The lowest BCUT2D eigenvalue weighted by Crippen LogP contribution is -2.36. The number of oxime groups is 1. The molecule has 0 radical (unpaired) electrons. The van der Waals surface area contributed by atoms with Gasteiger partial charge in [0.15, 0.2) is 0 Å². The van der Waals surface area contributed by atoms with E-state index >= 15 is 0 Å². The lowest BCUT2D eigenvalue weighted by atomic mass is 9.95. The van der Waals surface area contributed by atoms with Crippen LogP contribution in [0, 0.1) is 12.8 Å². The molecule has 2 aliphatic rings. The van der Waals surface area contributed by atoms with Crippen LogP contribution in [-0.2, 0) is 28.9 Å². The van der Waals surface area contributed by atoms with Crippen molar-refractivity contribution in [2.24, 2.45) is 11.1 Å². The van der Waals surface area contributed by atoms with E-state index in [1.807, 2.05) is 0 Å². The minimum atomic E-state index is -0.492. The summed E-state index contributed by atoms with van der Waals surface area (Å²) < 4.78 is 0. The standard InChI is InChI=1S/C18H26N4O2/c1-11(2)15-10-16(24-22-15)18(23)19-9-8-17-20-12(3)13-6-4-5-7-14(13)21-17/h11,16H,4-10H2,1-3H3,(H,19,23). The summed E-state index contributed by atoms with van der Waals surface area (Å²) in [4.78, 5) is 26.7. The Labute approximate surface area is 143 Å². The Morgan fingerprint density at radius 1 is 1.29 bits per heavy atom. The molecule has 130 valence electrons. The summed E-state index contributed by atoms with van der Waals surface area (Å²) in [5.74, 6) is 1.03. The normalized spacial score (nSPS) is 19.7. The second kappa shape index (κ2) is 7.28. The summed E-state index contributed by atoms with van der Waals surface area (Å²) in [7, 11) is 0. The van der Waals surface area contributed by atoms with Crippen LogP contribution in [0.3, 0.4) is 0 Å². The maximum Gasteiger partial charge on any atom is 0.264 e. The Morgan fingerprint density at radius 3 is 2.83 bits per heavy atom. The summed E-state index contributed by atoms with van der Waals surface area (Å²) in [6.45, 7) is 6.69. The van der Waals surface area contributed by atoms with Gasteiger partial charge in [0.1, 0.15) is 5.82 Å². The van der Waals surface area contributed by atoms with E-state index in [9.17, 15) is 4.79 Å². The lowest BCUT2D eigenvalue weighted by molar-refractivity contribution is -0.131. The highest BCUT2D eigenvalue weighted by Gasteiger charge is 2.29. The van der Waals surface area contributed by atoms with E-state index in [-0.39, 0.29) is 5.91 Å². The van der Waals surface area contributed by atoms with E-state index in [2.05, 4.69) is 41.2 Å². The van der Waals surface area contributed by atoms with Gasteiger partial charge in [0.25, 0.3) is 5.91 Å². The van der Waals surface area contributed by atoms with Gasteiger partial charge in [0, 0.05) is 30.8 Å². The Bertz CT molecular complexity index is 655. The molecule has 1 aromatic rings. The van der Waals surface area contributed by atoms with Gasteiger partial charge in [-0.3, -0.25) is 4.79 Å². The van der Waals surface area contributed by atoms with Crippen LogP contribution in [0.5, 0.6) is 0 Å². The molecule has 0 fully saturated rings. The number of aryl methyl sites for hydroxylation is 2. The van der Waals surface area contributed by atoms with E-state index in [1.165, 1.54) is 24.1 Å². The maximum atomic E-state index is 12.2. The molecule has 24 heavy (non-hydrogen) atoms. The molecule has 1 amide bonds. The number of hydrogen-bond donors (Lipinski definition) is 1. The molecule has 0 aromatic carbocycles. The van der Waals surface area contributed by atoms with Crippen LogP contribution in [0.1, 0.15) is 55.9 Å². The van der Waals surface area contributed by atoms with Gasteiger partial charge in [-0.05, 0) is 44.1 Å². The van der Waals surface area contributed by atoms with Crippen molar-refractivity contribution in [1.29, 1.82) is 0 Å². The van der Waals surface area contributed by atoms with Crippen molar-refractivity contribution >= 4 is 11.6 Å². The highest BCUT2D eigenvalue weighted by molar-refractivity contribution is 5.93. The van der Waals surface area contributed by atoms with Crippen LogP contribution in [0.15, 0.2) is 5.16 Å². The summed E-state index contributed by atoms with van der Waals surface area (Å²) in [5.41, 5.74) is 4.56. The fraction of sp³-hybridized carbons (Fsp3) is 0.667. The van der Waals surface area contributed by atoms with E-state index in [1.54, 1.807) is 0 Å². The van der Waals surface area contributed by atoms with Gasteiger partial charge in [-0.2, -0.15) is 0 Å². The molecule has 1 N–H and O–H groups in total. The zero-order valence-electron chi connectivity index (χ0n) is 14.8. The molecule has 1 atom stereocenters. The lowest BCUT2D eigenvalue weighted by Gasteiger charge is -2.17. The third-order valence-electron chi connectivity index (χ3n) is 4.73. The highest BCUT2D eigenvalue weighted by atomic mass is 16.6. The first-order valence-corrected chi connectivity index (χ1v) is 8.90. The van der Waals surface area contributed by atoms with Crippen molar-refractivity contribution in [2.45, 2.75) is 65.4 Å². The minimum Gasteiger partial charge on any atom is -0.382 e. The van der Waals surface area contributed by atoms with Gasteiger partial charge in [0.2, 0.25) is 6.10 Å². The molecule has 0 saturated heterocycles. The first-order chi connectivity index (χ1) is 11.5. The molecule has 6 nitrogen and oxygen atoms in total. The Hall–Kier alpha value is -1.98. The van der Waals surface area contributed by atoms with E-state index < -0.39 is 6.10 Å². The average molecular weight is 330 g/mol. The highest BCUT2D eigenvalue weighted by Crippen LogP contribution is 2.21. The number of amides is 1. The molecule has 0 bridgehead atoms. The Balaban J connectivity index is 1.50. The molecular formula is C18H26N4O2. The smallest absolute Gasteiger partial charge is 0.264 e.